The van der Waals surface area contributed by atoms with Crippen LogP contribution in [0.5, 0.6) is 5.75 Å². The van der Waals surface area contributed by atoms with Gasteiger partial charge in [-0.25, -0.2) is 0 Å². The van der Waals surface area contributed by atoms with Crippen LogP contribution in [0.3, 0.4) is 0 Å². The minimum Gasteiger partial charge on any atom is -0.495 e. The summed E-state index contributed by atoms with van der Waals surface area (Å²) in [5.41, 5.74) is 6.05. The molecule has 0 aliphatic carbocycles. The summed E-state index contributed by atoms with van der Waals surface area (Å²) in [6.07, 6.45) is 1.46. The van der Waals surface area contributed by atoms with Gasteiger partial charge in [-0.05, 0) is 43.6 Å². The Balaban J connectivity index is 2.07. The first-order valence-corrected chi connectivity index (χ1v) is 6.58. The second-order valence-corrected chi connectivity index (χ2v) is 4.89. The lowest BCUT2D eigenvalue weighted by Gasteiger charge is -2.13. The normalized spacial score (nSPS) is 17.8. The van der Waals surface area contributed by atoms with Gasteiger partial charge in [-0.1, -0.05) is 0 Å². The molecule has 1 atom stereocenters. The van der Waals surface area contributed by atoms with Gasteiger partial charge in [0.15, 0.2) is 0 Å². The maximum Gasteiger partial charge on any atom is 0.248 e. The van der Waals surface area contributed by atoms with Gasteiger partial charge in [0.05, 0.1) is 12.8 Å². The molecule has 2 rings (SSSR count). The SMILES string of the molecule is COc1ccc(C(N)=O)cc1NC(=O)CC1CCNC1. The molecule has 1 aromatic carbocycles. The Hall–Kier alpha value is -2.08. The van der Waals surface area contributed by atoms with Crippen LogP contribution in [0.25, 0.3) is 0 Å². The van der Waals surface area contributed by atoms with Crippen molar-refractivity contribution in [3.05, 3.63) is 23.8 Å². The lowest BCUT2D eigenvalue weighted by Crippen LogP contribution is -2.19. The third-order valence-electron chi connectivity index (χ3n) is 3.39. The number of nitrogens with two attached hydrogens (primary N) is 1. The maximum atomic E-state index is 12.0. The molecule has 0 radical (unpaired) electrons. The number of amides is 2. The molecule has 6 heteroatoms. The Bertz CT molecular complexity index is 510. The maximum absolute atomic E-state index is 12.0. The number of carbonyl (C=O) groups excluding carboxylic acids is 2. The van der Waals surface area contributed by atoms with E-state index in [1.807, 2.05) is 0 Å². The average Bonchev–Trinajstić information content (AvgIpc) is 2.91. The van der Waals surface area contributed by atoms with Gasteiger partial charge < -0.3 is 21.1 Å². The van der Waals surface area contributed by atoms with Crippen LogP contribution < -0.4 is 21.1 Å². The van der Waals surface area contributed by atoms with Crippen LogP contribution >= 0.6 is 0 Å². The number of methoxy groups -OCH3 is 1. The number of carbonyl (C=O) groups is 2. The summed E-state index contributed by atoms with van der Waals surface area (Å²) in [4.78, 5) is 23.2. The van der Waals surface area contributed by atoms with Crippen molar-refractivity contribution in [2.24, 2.45) is 11.7 Å². The molecule has 108 valence electrons. The first-order chi connectivity index (χ1) is 9.60. The molecule has 0 saturated carbocycles. The average molecular weight is 277 g/mol. The molecule has 0 spiro atoms. The van der Waals surface area contributed by atoms with Crippen LogP contribution in [0, 0.1) is 5.92 Å². The zero-order valence-corrected chi connectivity index (χ0v) is 11.4. The van der Waals surface area contributed by atoms with Gasteiger partial charge in [0, 0.05) is 12.0 Å². The standard InChI is InChI=1S/C14H19N3O3/c1-20-12-3-2-10(14(15)19)7-11(12)17-13(18)6-9-4-5-16-8-9/h2-3,7,9,16H,4-6,8H2,1H3,(H2,15,19)(H,17,18). The summed E-state index contributed by atoms with van der Waals surface area (Å²) in [6, 6.07) is 4.72. The predicted octanol–water partition coefficient (Wildman–Crippen LogP) is 0.732. The quantitative estimate of drug-likeness (QED) is 0.739. The van der Waals surface area contributed by atoms with E-state index in [4.69, 9.17) is 10.5 Å². The van der Waals surface area contributed by atoms with Crippen LogP contribution in [0.2, 0.25) is 0 Å². The van der Waals surface area contributed by atoms with Gasteiger partial charge >= 0.3 is 0 Å². The van der Waals surface area contributed by atoms with E-state index in [0.29, 0.717) is 29.3 Å². The molecule has 1 heterocycles. The molecule has 1 fully saturated rings. The van der Waals surface area contributed by atoms with Crippen LogP contribution in [0.15, 0.2) is 18.2 Å². The Morgan fingerprint density at radius 2 is 2.30 bits per heavy atom. The monoisotopic (exact) mass is 277 g/mol. The van der Waals surface area contributed by atoms with Crippen LogP contribution in [0.4, 0.5) is 5.69 Å². The number of anilines is 1. The van der Waals surface area contributed by atoms with Crippen molar-refractivity contribution in [3.63, 3.8) is 0 Å². The van der Waals surface area contributed by atoms with Gasteiger partial charge in [0.2, 0.25) is 11.8 Å². The third-order valence-corrected chi connectivity index (χ3v) is 3.39. The largest absolute Gasteiger partial charge is 0.495 e. The van der Waals surface area contributed by atoms with E-state index in [1.54, 1.807) is 12.1 Å². The van der Waals surface area contributed by atoms with E-state index in [2.05, 4.69) is 10.6 Å². The van der Waals surface area contributed by atoms with Crippen LogP contribution in [0.1, 0.15) is 23.2 Å². The van der Waals surface area contributed by atoms with E-state index in [0.717, 1.165) is 19.5 Å². The third kappa shape index (κ3) is 3.48. The lowest BCUT2D eigenvalue weighted by molar-refractivity contribution is -0.117. The number of benzene rings is 1. The smallest absolute Gasteiger partial charge is 0.248 e. The van der Waals surface area contributed by atoms with Gasteiger partial charge in [0.1, 0.15) is 5.75 Å². The summed E-state index contributed by atoms with van der Waals surface area (Å²) in [6.45, 7) is 1.82. The van der Waals surface area contributed by atoms with Crippen molar-refractivity contribution in [2.45, 2.75) is 12.8 Å². The summed E-state index contributed by atoms with van der Waals surface area (Å²) >= 11 is 0. The second kappa shape index (κ2) is 6.38. The van der Waals surface area contributed by atoms with E-state index in [9.17, 15) is 9.59 Å². The Labute approximate surface area is 117 Å². The molecular weight excluding hydrogens is 258 g/mol. The number of primary amides is 1. The summed E-state index contributed by atoms with van der Waals surface area (Å²) in [5, 5.41) is 6.01. The molecule has 1 saturated heterocycles. The molecule has 1 unspecified atom stereocenters. The Morgan fingerprint density at radius 1 is 1.50 bits per heavy atom. The van der Waals surface area contributed by atoms with E-state index in [-0.39, 0.29) is 5.91 Å². The zero-order chi connectivity index (χ0) is 14.5. The Morgan fingerprint density at radius 3 is 2.90 bits per heavy atom. The van der Waals surface area contributed by atoms with Crippen molar-refractivity contribution in [1.29, 1.82) is 0 Å². The van der Waals surface area contributed by atoms with Gasteiger partial charge in [0.25, 0.3) is 0 Å². The molecule has 0 aromatic heterocycles. The van der Waals surface area contributed by atoms with Crippen molar-refractivity contribution < 1.29 is 14.3 Å². The van der Waals surface area contributed by atoms with Gasteiger partial charge in [-0.2, -0.15) is 0 Å². The fraction of sp³-hybridized carbons (Fsp3) is 0.429. The number of rotatable bonds is 5. The molecule has 20 heavy (non-hydrogen) atoms. The summed E-state index contributed by atoms with van der Waals surface area (Å²) < 4.78 is 5.17. The van der Waals surface area contributed by atoms with Crippen molar-refractivity contribution in [2.75, 3.05) is 25.5 Å². The molecule has 0 bridgehead atoms. The summed E-state index contributed by atoms with van der Waals surface area (Å²) in [7, 11) is 1.51. The highest BCUT2D eigenvalue weighted by molar-refractivity contribution is 5.97. The highest BCUT2D eigenvalue weighted by Gasteiger charge is 2.19. The highest BCUT2D eigenvalue weighted by Crippen LogP contribution is 2.26. The first-order valence-electron chi connectivity index (χ1n) is 6.58. The van der Waals surface area contributed by atoms with Crippen molar-refractivity contribution in [1.82, 2.24) is 5.32 Å². The minimum atomic E-state index is -0.539. The first kappa shape index (κ1) is 14.3. The molecule has 1 aliphatic heterocycles. The molecule has 2 amide bonds. The van der Waals surface area contributed by atoms with Crippen molar-refractivity contribution >= 4 is 17.5 Å². The van der Waals surface area contributed by atoms with Crippen molar-refractivity contribution in [3.8, 4) is 5.75 Å². The molecule has 1 aliphatic rings. The molecule has 1 aromatic rings. The zero-order valence-electron chi connectivity index (χ0n) is 11.4. The second-order valence-electron chi connectivity index (χ2n) is 4.89. The van der Waals surface area contributed by atoms with Crippen LogP contribution in [-0.4, -0.2) is 32.0 Å². The van der Waals surface area contributed by atoms with E-state index >= 15 is 0 Å². The van der Waals surface area contributed by atoms with Gasteiger partial charge in [-0.15, -0.1) is 0 Å². The fourth-order valence-corrected chi connectivity index (χ4v) is 2.31. The van der Waals surface area contributed by atoms with Crippen LogP contribution in [-0.2, 0) is 4.79 Å². The topological polar surface area (TPSA) is 93.4 Å². The molecular formula is C14H19N3O3. The number of hydrogen-bond acceptors (Lipinski definition) is 4. The van der Waals surface area contributed by atoms with E-state index in [1.165, 1.54) is 13.2 Å². The lowest BCUT2D eigenvalue weighted by atomic mass is 10.0. The number of hydrogen-bond donors (Lipinski definition) is 3. The predicted molar refractivity (Wildman–Crippen MR) is 75.7 cm³/mol. The summed E-state index contributed by atoms with van der Waals surface area (Å²) in [5.74, 6) is 0.245. The minimum absolute atomic E-state index is 0.0846. The number of ether oxygens (including phenoxy) is 1. The van der Waals surface area contributed by atoms with E-state index < -0.39 is 5.91 Å². The number of nitrogens with one attached hydrogen (secondary N) is 2. The Kier molecular flexibility index (Phi) is 4.57. The molecule has 4 N–H and O–H groups in total. The highest BCUT2D eigenvalue weighted by atomic mass is 16.5. The van der Waals surface area contributed by atoms with Gasteiger partial charge in [-0.3, -0.25) is 9.59 Å². The fourth-order valence-electron chi connectivity index (χ4n) is 2.31. The molecule has 6 nitrogen and oxygen atoms in total.